The minimum Gasteiger partial charge on any atom is -0.478 e. The fourth-order valence-corrected chi connectivity index (χ4v) is 4.11. The summed E-state index contributed by atoms with van der Waals surface area (Å²) in [7, 11) is 0. The number of allylic oxidation sites excluding steroid dienone is 2. The molecule has 5 nitrogen and oxygen atoms in total. The molecule has 0 spiro atoms. The standard InChI is InChI=1S/C16H18N2OS.C7H6O2/c1-12-7-15(10-19)18(8-12)9-14-11-20-16(17-14)13-5-3-2-4-6-13;8-7(9)6-4-2-1-3-5-6/h5,7-8,10-11H,2-4,6,9H2,1H3;1-5H,(H,8,9). The van der Waals surface area contributed by atoms with Gasteiger partial charge in [-0.05, 0) is 61.9 Å². The van der Waals surface area contributed by atoms with E-state index in [-0.39, 0.29) is 0 Å². The zero-order valence-corrected chi connectivity index (χ0v) is 17.2. The van der Waals surface area contributed by atoms with Crippen molar-refractivity contribution in [3.05, 3.63) is 81.6 Å². The van der Waals surface area contributed by atoms with Gasteiger partial charge in [0.15, 0.2) is 6.29 Å². The number of nitrogens with zero attached hydrogens (tertiary/aromatic N) is 2. The van der Waals surface area contributed by atoms with Crippen LogP contribution in [0.3, 0.4) is 0 Å². The maximum absolute atomic E-state index is 11.0. The van der Waals surface area contributed by atoms with Gasteiger partial charge in [-0.25, -0.2) is 9.78 Å². The van der Waals surface area contributed by atoms with E-state index in [1.165, 1.54) is 24.8 Å². The summed E-state index contributed by atoms with van der Waals surface area (Å²) in [6.45, 7) is 2.68. The second-order valence-corrected chi connectivity index (χ2v) is 7.84. The number of carboxylic acids is 1. The summed E-state index contributed by atoms with van der Waals surface area (Å²) in [5, 5.41) is 11.6. The van der Waals surface area contributed by atoms with E-state index in [0.29, 0.717) is 17.8 Å². The molecule has 1 aromatic carbocycles. The number of hydrogen-bond acceptors (Lipinski definition) is 4. The van der Waals surface area contributed by atoms with Crippen molar-refractivity contribution in [3.8, 4) is 0 Å². The molecule has 1 aliphatic carbocycles. The molecule has 1 aliphatic rings. The molecule has 1 N–H and O–H groups in total. The highest BCUT2D eigenvalue weighted by Gasteiger charge is 2.11. The number of carbonyl (C=O) groups is 2. The molecule has 2 heterocycles. The van der Waals surface area contributed by atoms with Crippen LogP contribution in [-0.2, 0) is 6.54 Å². The Kier molecular flexibility index (Phi) is 7.14. The van der Waals surface area contributed by atoms with Crippen molar-refractivity contribution >= 4 is 29.2 Å². The minimum absolute atomic E-state index is 0.331. The second kappa shape index (κ2) is 9.98. The summed E-state index contributed by atoms with van der Waals surface area (Å²) in [5.41, 5.74) is 4.59. The Morgan fingerprint density at radius 2 is 2.07 bits per heavy atom. The molecule has 0 atom stereocenters. The molecule has 3 aromatic rings. The molecule has 0 saturated heterocycles. The number of thiazole rings is 1. The molecule has 0 aliphatic heterocycles. The van der Waals surface area contributed by atoms with E-state index in [4.69, 9.17) is 10.1 Å². The first kappa shape index (κ1) is 20.7. The zero-order chi connectivity index (χ0) is 20.6. The van der Waals surface area contributed by atoms with Gasteiger partial charge in [-0.1, -0.05) is 24.3 Å². The third-order valence-electron chi connectivity index (χ3n) is 4.66. The van der Waals surface area contributed by atoms with Gasteiger partial charge in [0.05, 0.1) is 23.5 Å². The van der Waals surface area contributed by atoms with E-state index >= 15 is 0 Å². The summed E-state index contributed by atoms with van der Waals surface area (Å²) in [6.07, 6.45) is 10.1. The number of aromatic carboxylic acids is 1. The molecule has 29 heavy (non-hydrogen) atoms. The lowest BCUT2D eigenvalue weighted by Gasteiger charge is -2.09. The van der Waals surface area contributed by atoms with E-state index < -0.39 is 5.97 Å². The Morgan fingerprint density at radius 3 is 2.69 bits per heavy atom. The van der Waals surface area contributed by atoms with E-state index in [9.17, 15) is 9.59 Å². The number of hydrogen-bond donors (Lipinski definition) is 1. The Hall–Kier alpha value is -2.99. The maximum Gasteiger partial charge on any atom is 0.335 e. The minimum atomic E-state index is -0.879. The van der Waals surface area contributed by atoms with Crippen LogP contribution in [0.5, 0.6) is 0 Å². The van der Waals surface area contributed by atoms with Crippen LogP contribution < -0.4 is 0 Å². The van der Waals surface area contributed by atoms with Crippen LogP contribution in [0, 0.1) is 6.92 Å². The van der Waals surface area contributed by atoms with Gasteiger partial charge in [0.1, 0.15) is 5.01 Å². The number of aryl methyl sites for hydroxylation is 1. The van der Waals surface area contributed by atoms with Gasteiger partial charge < -0.3 is 9.67 Å². The van der Waals surface area contributed by atoms with Gasteiger partial charge in [-0.15, -0.1) is 11.3 Å². The van der Waals surface area contributed by atoms with E-state index in [0.717, 1.165) is 29.0 Å². The fraction of sp³-hybridized carbons (Fsp3) is 0.261. The van der Waals surface area contributed by atoms with Gasteiger partial charge in [0.2, 0.25) is 0 Å². The van der Waals surface area contributed by atoms with Crippen LogP contribution in [0.25, 0.3) is 5.57 Å². The van der Waals surface area contributed by atoms with Crippen LogP contribution in [0.4, 0.5) is 0 Å². The molecule has 0 unspecified atom stereocenters. The molecule has 2 aromatic heterocycles. The molecule has 0 fully saturated rings. The lowest BCUT2D eigenvalue weighted by molar-refractivity contribution is 0.0696. The highest BCUT2D eigenvalue weighted by Crippen LogP contribution is 2.29. The molecule has 150 valence electrons. The number of aldehydes is 1. The smallest absolute Gasteiger partial charge is 0.335 e. The molecule has 6 heteroatoms. The fourth-order valence-electron chi connectivity index (χ4n) is 3.23. The average Bonchev–Trinajstić information content (AvgIpc) is 3.36. The molecule has 0 radical (unpaired) electrons. The van der Waals surface area contributed by atoms with Crippen LogP contribution in [-0.4, -0.2) is 26.9 Å². The molecule has 0 amide bonds. The van der Waals surface area contributed by atoms with Gasteiger partial charge >= 0.3 is 5.97 Å². The molecular formula is C23H24N2O3S. The molecule has 0 bridgehead atoms. The Balaban J connectivity index is 0.000000224. The van der Waals surface area contributed by atoms with Crippen molar-refractivity contribution < 1.29 is 14.7 Å². The van der Waals surface area contributed by atoms with Crippen molar-refractivity contribution in [2.45, 2.75) is 39.2 Å². The van der Waals surface area contributed by atoms with E-state index in [1.807, 2.05) is 23.8 Å². The first-order valence-electron chi connectivity index (χ1n) is 9.61. The normalized spacial score (nSPS) is 13.2. The van der Waals surface area contributed by atoms with Crippen molar-refractivity contribution in [3.63, 3.8) is 0 Å². The molecule has 4 rings (SSSR count). The van der Waals surface area contributed by atoms with Crippen LogP contribution in [0.2, 0.25) is 0 Å². The summed E-state index contributed by atoms with van der Waals surface area (Å²) >= 11 is 1.71. The SMILES string of the molecule is Cc1cc(C=O)n(Cc2csc(C3=CCCCC3)n2)c1.O=C(O)c1ccccc1. The van der Waals surface area contributed by atoms with Crippen molar-refractivity contribution in [1.29, 1.82) is 0 Å². The number of aromatic nitrogens is 2. The monoisotopic (exact) mass is 408 g/mol. The third-order valence-corrected chi connectivity index (χ3v) is 5.62. The number of carboxylic acid groups (broad SMARTS) is 1. The Bertz CT molecular complexity index is 1000. The lowest BCUT2D eigenvalue weighted by atomic mass is 10.0. The molecular weight excluding hydrogens is 384 g/mol. The first-order chi connectivity index (χ1) is 14.1. The van der Waals surface area contributed by atoms with Crippen molar-refractivity contribution in [2.75, 3.05) is 0 Å². The number of rotatable bonds is 5. The van der Waals surface area contributed by atoms with E-state index in [2.05, 4.69) is 11.5 Å². The van der Waals surface area contributed by atoms with Gasteiger partial charge in [0, 0.05) is 11.6 Å². The lowest BCUT2D eigenvalue weighted by Crippen LogP contribution is -2.02. The first-order valence-corrected chi connectivity index (χ1v) is 10.5. The highest BCUT2D eigenvalue weighted by molar-refractivity contribution is 7.10. The van der Waals surface area contributed by atoms with Crippen molar-refractivity contribution in [2.24, 2.45) is 0 Å². The summed E-state index contributed by atoms with van der Waals surface area (Å²) in [4.78, 5) is 26.0. The number of carbonyl (C=O) groups excluding carboxylic acids is 1. The summed E-state index contributed by atoms with van der Waals surface area (Å²) < 4.78 is 1.97. The van der Waals surface area contributed by atoms with E-state index in [1.54, 1.807) is 41.7 Å². The summed E-state index contributed by atoms with van der Waals surface area (Å²) in [5.74, 6) is -0.879. The van der Waals surface area contributed by atoms with Crippen LogP contribution >= 0.6 is 11.3 Å². The van der Waals surface area contributed by atoms with Crippen LogP contribution in [0.15, 0.2) is 54.1 Å². The van der Waals surface area contributed by atoms with Gasteiger partial charge in [-0.3, -0.25) is 4.79 Å². The molecule has 0 saturated carbocycles. The largest absolute Gasteiger partial charge is 0.478 e. The quantitative estimate of drug-likeness (QED) is 0.569. The van der Waals surface area contributed by atoms with Gasteiger partial charge in [0.25, 0.3) is 0 Å². The van der Waals surface area contributed by atoms with Gasteiger partial charge in [-0.2, -0.15) is 0 Å². The predicted molar refractivity (Wildman–Crippen MR) is 116 cm³/mol. The van der Waals surface area contributed by atoms with Crippen molar-refractivity contribution in [1.82, 2.24) is 9.55 Å². The summed E-state index contributed by atoms with van der Waals surface area (Å²) in [6, 6.07) is 10.2. The predicted octanol–water partition coefficient (Wildman–Crippen LogP) is 5.46. The highest BCUT2D eigenvalue weighted by atomic mass is 32.1. The number of benzene rings is 1. The Morgan fingerprint density at radius 1 is 1.28 bits per heavy atom. The third kappa shape index (κ3) is 5.74. The topological polar surface area (TPSA) is 72.2 Å². The average molecular weight is 409 g/mol. The zero-order valence-electron chi connectivity index (χ0n) is 16.4. The second-order valence-electron chi connectivity index (χ2n) is 6.98. The Labute approximate surface area is 174 Å². The van der Waals surface area contributed by atoms with Crippen LogP contribution in [0.1, 0.15) is 62.8 Å². The maximum atomic E-state index is 11.0.